The third-order valence-electron chi connectivity index (χ3n) is 4.19. The normalized spacial score (nSPS) is 14.4. The minimum absolute atomic E-state index is 0. The van der Waals surface area contributed by atoms with Gasteiger partial charge in [-0.1, -0.05) is 0 Å². The highest BCUT2D eigenvalue weighted by atomic mass is 32.2. The average molecular weight is 417 g/mol. The van der Waals surface area contributed by atoms with Crippen LogP contribution in [0.5, 0.6) is 0 Å². The van der Waals surface area contributed by atoms with Crippen LogP contribution in [0.3, 0.4) is 0 Å². The lowest BCUT2D eigenvalue weighted by Crippen LogP contribution is -2.09. The minimum Gasteiger partial charge on any atom is -0.396 e. The highest BCUT2D eigenvalue weighted by Crippen LogP contribution is 2.39. The Kier molecular flexibility index (Phi) is 4.68. The summed E-state index contributed by atoms with van der Waals surface area (Å²) in [6.45, 7) is -0.0418. The first-order chi connectivity index (χ1) is 12.9. The molecule has 0 aromatic carbocycles. The van der Waals surface area contributed by atoms with Gasteiger partial charge >= 0.3 is 0 Å². The fourth-order valence-corrected chi connectivity index (χ4v) is 4.33. The van der Waals surface area contributed by atoms with Crippen molar-refractivity contribution in [1.82, 2.24) is 20.2 Å². The number of nitrogens with one attached hydrogen (secondary N) is 2. The summed E-state index contributed by atoms with van der Waals surface area (Å²) >= 11 is 1.01. The Labute approximate surface area is 167 Å². The van der Waals surface area contributed by atoms with Crippen LogP contribution in [0.2, 0.25) is 0 Å². The molecule has 9 nitrogen and oxygen atoms in total. The van der Waals surface area contributed by atoms with Crippen LogP contribution >= 0.6 is 11.3 Å². The van der Waals surface area contributed by atoms with Crippen LogP contribution in [0.4, 0.5) is 11.6 Å². The third kappa shape index (κ3) is 4.00. The molecule has 0 radical (unpaired) electrons. The van der Waals surface area contributed by atoms with E-state index in [-0.39, 0.29) is 17.9 Å². The van der Waals surface area contributed by atoms with Crippen molar-refractivity contribution >= 4 is 33.0 Å². The second kappa shape index (κ2) is 7.00. The van der Waals surface area contributed by atoms with Gasteiger partial charge in [-0.15, -0.1) is 11.3 Å². The molecule has 5 N–H and O–H groups in total. The third-order valence-corrected chi connectivity index (χ3v) is 6.71. The van der Waals surface area contributed by atoms with Crippen molar-refractivity contribution in [2.24, 2.45) is 5.14 Å². The monoisotopic (exact) mass is 416 g/mol. The number of nitrogens with zero attached hydrogens (tertiary/aromatic N) is 3. The number of aliphatic hydroxyl groups is 1. The summed E-state index contributed by atoms with van der Waals surface area (Å²) in [5, 5.41) is 24.9. The average Bonchev–Trinajstić information content (AvgIpc) is 3.16. The molecule has 0 aliphatic heterocycles. The standard InChI is InChI=1S/C16H18N6O3S2.5H2/c17-27(24,25)14-4-3-12(26-14)16-18-8-10(5-6-23)15(20-16)19-13-7-11(21-22-13)9-1-2-9;;;;;/h3-4,7-9,23H,1-2,5-6H2,(H2,17,24,25)(H2,18,19,20,21,22);5*1H. The Bertz CT molecular complexity index is 1090. The second-order valence-electron chi connectivity index (χ2n) is 6.31. The molecule has 0 spiro atoms. The Morgan fingerprint density at radius 2 is 2.22 bits per heavy atom. The first-order valence-corrected chi connectivity index (χ1v) is 10.7. The van der Waals surface area contributed by atoms with Gasteiger partial charge in [0.1, 0.15) is 10.0 Å². The second-order valence-corrected chi connectivity index (χ2v) is 9.18. The van der Waals surface area contributed by atoms with Crippen molar-refractivity contribution in [2.45, 2.75) is 29.4 Å². The molecule has 0 amide bonds. The molecule has 27 heavy (non-hydrogen) atoms. The van der Waals surface area contributed by atoms with Crippen LogP contribution < -0.4 is 10.5 Å². The lowest BCUT2D eigenvalue weighted by atomic mass is 10.2. The van der Waals surface area contributed by atoms with Crippen molar-refractivity contribution in [1.29, 1.82) is 0 Å². The number of hydrogen-bond donors (Lipinski definition) is 4. The SMILES string of the molecule is NS(=O)(=O)c1ccc(-c2ncc(CCO)c(Nc3cc(C4CC4)[nH]n3)n2)s1.[HH].[HH].[HH].[HH].[HH]. The van der Waals surface area contributed by atoms with Crippen molar-refractivity contribution in [3.05, 3.63) is 35.7 Å². The number of nitrogens with two attached hydrogens (primary N) is 1. The molecule has 4 rings (SSSR count). The smallest absolute Gasteiger partial charge is 0.247 e. The number of rotatable bonds is 7. The lowest BCUT2D eigenvalue weighted by Gasteiger charge is -2.09. The maximum absolute atomic E-state index is 11.5. The number of anilines is 2. The number of thiophene rings is 1. The van der Waals surface area contributed by atoms with Gasteiger partial charge in [-0.3, -0.25) is 5.10 Å². The van der Waals surface area contributed by atoms with Gasteiger partial charge < -0.3 is 10.4 Å². The summed E-state index contributed by atoms with van der Waals surface area (Å²) in [7, 11) is -3.76. The first-order valence-electron chi connectivity index (χ1n) is 8.36. The molecular weight excluding hydrogens is 388 g/mol. The van der Waals surface area contributed by atoms with E-state index in [1.54, 1.807) is 12.3 Å². The van der Waals surface area contributed by atoms with Crippen molar-refractivity contribution < 1.29 is 20.7 Å². The van der Waals surface area contributed by atoms with E-state index in [0.29, 0.717) is 34.7 Å². The van der Waals surface area contributed by atoms with Crippen molar-refractivity contribution in [3.8, 4) is 10.7 Å². The molecule has 3 aromatic heterocycles. The van der Waals surface area contributed by atoms with E-state index in [1.165, 1.54) is 18.9 Å². The lowest BCUT2D eigenvalue weighted by molar-refractivity contribution is 0.299. The van der Waals surface area contributed by atoms with Gasteiger partial charge in [0.2, 0.25) is 10.0 Å². The minimum atomic E-state index is -3.76. The fourth-order valence-electron chi connectivity index (χ4n) is 2.66. The number of primary sulfonamides is 1. The number of aromatic amines is 1. The van der Waals surface area contributed by atoms with E-state index in [9.17, 15) is 13.5 Å². The van der Waals surface area contributed by atoms with Gasteiger partial charge in [-0.25, -0.2) is 23.5 Å². The molecule has 152 valence electrons. The number of hydrogen-bond acceptors (Lipinski definition) is 8. The van der Waals surface area contributed by atoms with Crippen molar-refractivity contribution in [3.63, 3.8) is 0 Å². The summed E-state index contributed by atoms with van der Waals surface area (Å²) in [5.41, 5.74) is 1.83. The highest BCUT2D eigenvalue weighted by Gasteiger charge is 2.25. The Morgan fingerprint density at radius 3 is 2.89 bits per heavy atom. The Morgan fingerprint density at radius 1 is 1.41 bits per heavy atom. The van der Waals surface area contributed by atoms with Crippen LogP contribution in [0.1, 0.15) is 37.2 Å². The van der Waals surface area contributed by atoms with Gasteiger partial charge in [-0.05, 0) is 25.0 Å². The maximum Gasteiger partial charge on any atom is 0.247 e. The van der Waals surface area contributed by atoms with E-state index in [4.69, 9.17) is 5.14 Å². The summed E-state index contributed by atoms with van der Waals surface area (Å²) < 4.78 is 23.0. The Balaban J connectivity index is 0. The van der Waals surface area contributed by atoms with E-state index in [1.807, 2.05) is 6.07 Å². The van der Waals surface area contributed by atoms with Crippen LogP contribution in [0.15, 0.2) is 28.6 Å². The van der Waals surface area contributed by atoms with Crippen molar-refractivity contribution in [2.75, 3.05) is 11.9 Å². The topological polar surface area (TPSA) is 147 Å². The van der Waals surface area contributed by atoms with Crippen LogP contribution in [-0.4, -0.2) is 40.3 Å². The molecule has 0 atom stereocenters. The van der Waals surface area contributed by atoms with Crippen LogP contribution in [0, 0.1) is 0 Å². The fraction of sp³-hybridized carbons (Fsp3) is 0.312. The van der Waals surface area contributed by atoms with Gasteiger partial charge in [0, 0.05) is 49.6 Å². The van der Waals surface area contributed by atoms with Gasteiger partial charge in [0.05, 0.1) is 4.88 Å². The molecule has 1 aliphatic rings. The van der Waals surface area contributed by atoms with E-state index in [2.05, 4.69) is 25.5 Å². The van der Waals surface area contributed by atoms with E-state index < -0.39 is 10.0 Å². The zero-order valence-electron chi connectivity index (χ0n) is 14.2. The first kappa shape index (κ1) is 18.0. The van der Waals surface area contributed by atoms with Gasteiger partial charge in [0.25, 0.3) is 0 Å². The van der Waals surface area contributed by atoms with E-state index in [0.717, 1.165) is 22.6 Å². The number of aromatic nitrogens is 4. The molecule has 1 saturated carbocycles. The highest BCUT2D eigenvalue weighted by molar-refractivity contribution is 7.91. The van der Waals surface area contributed by atoms with E-state index >= 15 is 0 Å². The zero-order valence-corrected chi connectivity index (χ0v) is 15.8. The van der Waals surface area contributed by atoms with Gasteiger partial charge in [0.15, 0.2) is 11.6 Å². The number of sulfonamides is 1. The molecule has 3 aromatic rings. The number of H-pyrrole nitrogens is 1. The van der Waals surface area contributed by atoms with Crippen LogP contribution in [-0.2, 0) is 16.4 Å². The largest absolute Gasteiger partial charge is 0.396 e. The van der Waals surface area contributed by atoms with Crippen LogP contribution in [0.25, 0.3) is 10.7 Å². The summed E-state index contributed by atoms with van der Waals surface area (Å²) in [6.07, 6.45) is 4.33. The molecule has 0 saturated heterocycles. The predicted molar refractivity (Wildman–Crippen MR) is 112 cm³/mol. The number of aliphatic hydroxyl groups excluding tert-OH is 1. The maximum atomic E-state index is 11.5. The molecule has 0 unspecified atom stereocenters. The Hall–Kier alpha value is -2.34. The molecule has 0 bridgehead atoms. The molecule has 1 aliphatic carbocycles. The summed E-state index contributed by atoms with van der Waals surface area (Å²) in [5.74, 6) is 2.08. The van der Waals surface area contributed by atoms with Gasteiger partial charge in [-0.2, -0.15) is 5.10 Å². The summed E-state index contributed by atoms with van der Waals surface area (Å²) in [4.78, 5) is 9.38. The zero-order chi connectivity index (χ0) is 19.0. The quantitative estimate of drug-likeness (QED) is 0.463. The predicted octanol–water partition coefficient (Wildman–Crippen LogP) is 2.96. The molecular formula is C16H28N6O3S2. The summed E-state index contributed by atoms with van der Waals surface area (Å²) in [6, 6.07) is 5.00. The molecule has 3 heterocycles. The molecule has 1 fully saturated rings. The molecule has 11 heteroatoms.